The normalized spacial score (nSPS) is 17.0. The molecule has 0 radical (unpaired) electrons. The molecule has 0 bridgehead atoms. The lowest BCUT2D eigenvalue weighted by Gasteiger charge is -2.23. The van der Waals surface area contributed by atoms with Crippen LogP contribution in [0.3, 0.4) is 0 Å². The standard InChI is InChI=1S/C18H26N4S/c1-15-10-6-7-11-16(15)17-19-22(18(23)20(17)2)14-21-12-8-4-3-5-9-13-21/h6-7,10-11H,3-5,8-9,12-14H2,1-2H3. The molecule has 0 saturated carbocycles. The van der Waals surface area contributed by atoms with Crippen LogP contribution < -0.4 is 0 Å². The molecule has 1 aromatic heterocycles. The second kappa shape index (κ2) is 7.41. The van der Waals surface area contributed by atoms with Gasteiger partial charge in [0.2, 0.25) is 0 Å². The Morgan fingerprint density at radius 2 is 1.70 bits per heavy atom. The fraction of sp³-hybridized carbons (Fsp3) is 0.556. The fourth-order valence-corrected chi connectivity index (χ4v) is 3.47. The van der Waals surface area contributed by atoms with Crippen molar-refractivity contribution in [2.45, 2.75) is 45.7 Å². The lowest BCUT2D eigenvalue weighted by Crippen LogP contribution is -2.30. The number of benzene rings is 1. The van der Waals surface area contributed by atoms with Crippen LogP contribution >= 0.6 is 12.2 Å². The zero-order valence-electron chi connectivity index (χ0n) is 14.2. The average Bonchev–Trinajstić information content (AvgIpc) is 2.79. The average molecular weight is 331 g/mol. The summed E-state index contributed by atoms with van der Waals surface area (Å²) >= 11 is 5.62. The maximum absolute atomic E-state index is 5.62. The van der Waals surface area contributed by atoms with Crippen LogP contribution in [0.4, 0.5) is 0 Å². The highest BCUT2D eigenvalue weighted by Gasteiger charge is 2.14. The van der Waals surface area contributed by atoms with Gasteiger partial charge in [0.25, 0.3) is 0 Å². The van der Waals surface area contributed by atoms with Crippen LogP contribution in [0.15, 0.2) is 24.3 Å². The Balaban J connectivity index is 1.85. The minimum atomic E-state index is 0.797. The number of nitrogens with zero attached hydrogens (tertiary/aromatic N) is 4. The van der Waals surface area contributed by atoms with E-state index in [1.807, 2.05) is 16.3 Å². The van der Waals surface area contributed by atoms with Crippen molar-refractivity contribution >= 4 is 12.2 Å². The van der Waals surface area contributed by atoms with Gasteiger partial charge in [0.1, 0.15) is 0 Å². The fourth-order valence-electron chi connectivity index (χ4n) is 3.28. The highest BCUT2D eigenvalue weighted by molar-refractivity contribution is 7.71. The Bertz CT molecular complexity index is 708. The van der Waals surface area contributed by atoms with Crippen LogP contribution in [0.25, 0.3) is 11.4 Å². The molecule has 0 aliphatic carbocycles. The summed E-state index contributed by atoms with van der Waals surface area (Å²) in [4.78, 5) is 2.49. The van der Waals surface area contributed by atoms with Crippen LogP contribution in [0.2, 0.25) is 0 Å². The molecule has 0 spiro atoms. The molecule has 2 heterocycles. The van der Waals surface area contributed by atoms with Crippen molar-refractivity contribution in [3.63, 3.8) is 0 Å². The third-order valence-corrected chi connectivity index (χ3v) is 5.19. The van der Waals surface area contributed by atoms with E-state index in [0.29, 0.717) is 0 Å². The molecule has 1 aliphatic heterocycles. The number of likely N-dealkylation sites (tertiary alicyclic amines) is 1. The predicted molar refractivity (Wildman–Crippen MR) is 96.9 cm³/mol. The molecule has 0 N–H and O–H groups in total. The van der Waals surface area contributed by atoms with E-state index in [2.05, 4.69) is 36.1 Å². The molecular weight excluding hydrogens is 304 g/mol. The van der Waals surface area contributed by atoms with Crippen molar-refractivity contribution in [1.82, 2.24) is 19.2 Å². The minimum absolute atomic E-state index is 0.797. The van der Waals surface area contributed by atoms with Crippen LogP contribution in [0.1, 0.15) is 37.7 Å². The molecule has 1 fully saturated rings. The largest absolute Gasteiger partial charge is 0.303 e. The molecule has 0 amide bonds. The predicted octanol–water partition coefficient (Wildman–Crippen LogP) is 4.15. The second-order valence-electron chi connectivity index (χ2n) is 6.51. The van der Waals surface area contributed by atoms with Crippen molar-refractivity contribution < 1.29 is 0 Å². The Morgan fingerprint density at radius 3 is 2.39 bits per heavy atom. The third-order valence-electron chi connectivity index (χ3n) is 4.71. The Hall–Kier alpha value is -1.46. The van der Waals surface area contributed by atoms with Gasteiger partial charge in [-0.2, -0.15) is 5.10 Å². The number of hydrogen-bond donors (Lipinski definition) is 0. The number of hydrogen-bond acceptors (Lipinski definition) is 3. The van der Waals surface area contributed by atoms with E-state index in [1.165, 1.54) is 37.7 Å². The lowest BCUT2D eigenvalue weighted by atomic mass is 10.1. The quantitative estimate of drug-likeness (QED) is 0.791. The molecule has 4 nitrogen and oxygen atoms in total. The van der Waals surface area contributed by atoms with Crippen LogP contribution in [0, 0.1) is 11.7 Å². The van der Waals surface area contributed by atoms with Gasteiger partial charge in [0.05, 0.1) is 6.67 Å². The smallest absolute Gasteiger partial charge is 0.199 e. The van der Waals surface area contributed by atoms with Gasteiger partial charge in [0.15, 0.2) is 10.6 Å². The van der Waals surface area contributed by atoms with E-state index in [0.717, 1.165) is 35.9 Å². The number of aryl methyl sites for hydroxylation is 1. The van der Waals surface area contributed by atoms with Crippen LogP contribution in [-0.4, -0.2) is 32.3 Å². The molecular formula is C18H26N4S. The van der Waals surface area contributed by atoms with Gasteiger partial charge in [-0.3, -0.25) is 4.90 Å². The van der Waals surface area contributed by atoms with Gasteiger partial charge < -0.3 is 4.57 Å². The first kappa shape index (κ1) is 16.4. The molecule has 0 unspecified atom stereocenters. The summed E-state index contributed by atoms with van der Waals surface area (Å²) < 4.78 is 4.81. The molecule has 23 heavy (non-hydrogen) atoms. The van der Waals surface area contributed by atoms with Crippen LogP contribution in [-0.2, 0) is 13.7 Å². The summed E-state index contributed by atoms with van der Waals surface area (Å²) in [7, 11) is 2.01. The minimum Gasteiger partial charge on any atom is -0.303 e. The Morgan fingerprint density at radius 1 is 1.04 bits per heavy atom. The number of rotatable bonds is 3. The summed E-state index contributed by atoms with van der Waals surface area (Å²) in [5.41, 5.74) is 2.39. The summed E-state index contributed by atoms with van der Waals surface area (Å²) in [6.45, 7) is 5.23. The highest BCUT2D eigenvalue weighted by Crippen LogP contribution is 2.21. The lowest BCUT2D eigenvalue weighted by molar-refractivity contribution is 0.188. The van der Waals surface area contributed by atoms with E-state index < -0.39 is 0 Å². The van der Waals surface area contributed by atoms with Gasteiger partial charge >= 0.3 is 0 Å². The van der Waals surface area contributed by atoms with E-state index in [-0.39, 0.29) is 0 Å². The van der Waals surface area contributed by atoms with Gasteiger partial charge in [-0.05, 0) is 50.6 Å². The maximum Gasteiger partial charge on any atom is 0.199 e. The highest BCUT2D eigenvalue weighted by atomic mass is 32.1. The first-order valence-electron chi connectivity index (χ1n) is 8.59. The summed E-state index contributed by atoms with van der Waals surface area (Å²) in [5, 5.41) is 4.82. The van der Waals surface area contributed by atoms with Gasteiger partial charge in [-0.1, -0.05) is 43.5 Å². The van der Waals surface area contributed by atoms with E-state index >= 15 is 0 Å². The van der Waals surface area contributed by atoms with Crippen molar-refractivity contribution in [2.75, 3.05) is 13.1 Å². The zero-order chi connectivity index (χ0) is 16.2. The molecule has 1 aliphatic rings. The van der Waals surface area contributed by atoms with E-state index in [9.17, 15) is 0 Å². The summed E-state index contributed by atoms with van der Waals surface area (Å²) in [6.07, 6.45) is 6.64. The topological polar surface area (TPSA) is 26.0 Å². The van der Waals surface area contributed by atoms with E-state index in [1.54, 1.807) is 0 Å². The Labute approximate surface area is 143 Å². The first-order chi connectivity index (χ1) is 11.2. The molecule has 0 atom stereocenters. The van der Waals surface area contributed by atoms with E-state index in [4.69, 9.17) is 17.3 Å². The van der Waals surface area contributed by atoms with Crippen molar-refractivity contribution in [3.05, 3.63) is 34.6 Å². The van der Waals surface area contributed by atoms with Gasteiger partial charge in [-0.15, -0.1) is 0 Å². The molecule has 124 valence electrons. The van der Waals surface area contributed by atoms with Crippen molar-refractivity contribution in [3.8, 4) is 11.4 Å². The number of aromatic nitrogens is 3. The molecule has 2 aromatic rings. The molecule has 5 heteroatoms. The van der Waals surface area contributed by atoms with Gasteiger partial charge in [-0.25, -0.2) is 4.68 Å². The monoisotopic (exact) mass is 330 g/mol. The maximum atomic E-state index is 5.62. The molecule has 1 aromatic carbocycles. The Kier molecular flexibility index (Phi) is 5.28. The molecule has 3 rings (SSSR count). The first-order valence-corrected chi connectivity index (χ1v) is 9.00. The molecule has 1 saturated heterocycles. The second-order valence-corrected chi connectivity index (χ2v) is 6.87. The third kappa shape index (κ3) is 3.72. The summed E-state index contributed by atoms with van der Waals surface area (Å²) in [6, 6.07) is 8.36. The SMILES string of the molecule is Cc1ccccc1-c1nn(CN2CCCCCCC2)c(=S)n1C. The van der Waals surface area contributed by atoms with Gasteiger partial charge in [0, 0.05) is 12.6 Å². The van der Waals surface area contributed by atoms with Crippen molar-refractivity contribution in [1.29, 1.82) is 0 Å². The van der Waals surface area contributed by atoms with Crippen LogP contribution in [0.5, 0.6) is 0 Å². The summed E-state index contributed by atoms with van der Waals surface area (Å²) in [5.74, 6) is 0.958. The zero-order valence-corrected chi connectivity index (χ0v) is 15.0. The van der Waals surface area contributed by atoms with Crippen molar-refractivity contribution in [2.24, 2.45) is 7.05 Å².